The molecule has 0 spiro atoms. The van der Waals surface area contributed by atoms with E-state index in [2.05, 4.69) is 32.7 Å². The molecule has 0 saturated carbocycles. The molecular weight excluding hydrogens is 298 g/mol. The van der Waals surface area contributed by atoms with Gasteiger partial charge in [-0.25, -0.2) is 4.98 Å². The van der Waals surface area contributed by atoms with Crippen LogP contribution in [-0.2, 0) is 0 Å². The third-order valence-electron chi connectivity index (χ3n) is 5.12. The van der Waals surface area contributed by atoms with Gasteiger partial charge in [-0.3, -0.25) is 0 Å². The summed E-state index contributed by atoms with van der Waals surface area (Å²) in [6.07, 6.45) is 7.57. The number of aromatic nitrogens is 2. The lowest BCUT2D eigenvalue weighted by atomic mass is 9.99. The van der Waals surface area contributed by atoms with Crippen LogP contribution in [0.4, 0.5) is 0 Å². The van der Waals surface area contributed by atoms with Gasteiger partial charge in [0.2, 0.25) is 0 Å². The molecule has 0 unspecified atom stereocenters. The molecule has 24 heavy (non-hydrogen) atoms. The van der Waals surface area contributed by atoms with Gasteiger partial charge in [-0.15, -0.1) is 0 Å². The van der Waals surface area contributed by atoms with Gasteiger partial charge in [-0.1, -0.05) is 42.5 Å². The van der Waals surface area contributed by atoms with Crippen LogP contribution in [0.3, 0.4) is 0 Å². The minimum absolute atomic E-state index is 0.444. The van der Waals surface area contributed by atoms with E-state index < -0.39 is 6.10 Å². The molecule has 2 aromatic carbocycles. The molecule has 1 atom stereocenters. The van der Waals surface area contributed by atoms with Gasteiger partial charge in [-0.2, -0.15) is 0 Å². The van der Waals surface area contributed by atoms with Crippen LogP contribution in [0.25, 0.3) is 10.8 Å². The van der Waals surface area contributed by atoms with Gasteiger partial charge in [0, 0.05) is 38.1 Å². The summed E-state index contributed by atoms with van der Waals surface area (Å²) in [5.41, 5.74) is 1.03. The second-order valence-electron chi connectivity index (χ2n) is 6.63. The predicted octanol–water partition coefficient (Wildman–Crippen LogP) is 3.41. The number of hydrogen-bond acceptors (Lipinski definition) is 3. The molecule has 1 aromatic heterocycles. The SMILES string of the molecule is O[C@@H](CN1CCC(n2ccnc2)CC1)c1cccc2ccccc12. The fourth-order valence-electron chi connectivity index (χ4n) is 3.77. The van der Waals surface area contributed by atoms with E-state index in [4.69, 9.17) is 0 Å². The summed E-state index contributed by atoms with van der Waals surface area (Å²) in [7, 11) is 0. The van der Waals surface area contributed by atoms with Gasteiger partial charge >= 0.3 is 0 Å². The minimum Gasteiger partial charge on any atom is -0.387 e. The smallest absolute Gasteiger partial charge is 0.0948 e. The van der Waals surface area contributed by atoms with Gasteiger partial charge in [0.25, 0.3) is 0 Å². The number of aliphatic hydroxyl groups is 1. The van der Waals surface area contributed by atoms with Crippen molar-refractivity contribution >= 4 is 10.8 Å². The number of benzene rings is 2. The topological polar surface area (TPSA) is 41.3 Å². The molecule has 4 rings (SSSR count). The highest BCUT2D eigenvalue weighted by Crippen LogP contribution is 2.27. The number of β-amino-alcohol motifs (C(OH)–C–C–N with tert-alkyl or cyclic N) is 1. The molecule has 4 heteroatoms. The number of aliphatic hydroxyl groups excluding tert-OH is 1. The number of nitrogens with zero attached hydrogens (tertiary/aromatic N) is 3. The highest BCUT2D eigenvalue weighted by atomic mass is 16.3. The molecule has 4 nitrogen and oxygen atoms in total. The average molecular weight is 321 g/mol. The third kappa shape index (κ3) is 3.07. The molecule has 1 aliphatic rings. The van der Waals surface area contributed by atoms with E-state index in [0.29, 0.717) is 12.6 Å². The maximum Gasteiger partial charge on any atom is 0.0948 e. The number of likely N-dealkylation sites (tertiary alicyclic amines) is 1. The van der Waals surface area contributed by atoms with Crippen LogP contribution < -0.4 is 0 Å². The number of imidazole rings is 1. The summed E-state index contributed by atoms with van der Waals surface area (Å²) in [5.74, 6) is 0. The number of piperidine rings is 1. The second kappa shape index (κ2) is 6.75. The lowest BCUT2D eigenvalue weighted by Gasteiger charge is -2.33. The molecule has 124 valence electrons. The Morgan fingerprint density at radius 1 is 1.08 bits per heavy atom. The number of hydrogen-bond donors (Lipinski definition) is 1. The van der Waals surface area contributed by atoms with Crippen molar-refractivity contribution in [3.63, 3.8) is 0 Å². The molecule has 1 saturated heterocycles. The van der Waals surface area contributed by atoms with Gasteiger partial charge in [-0.05, 0) is 29.2 Å². The van der Waals surface area contributed by atoms with Crippen molar-refractivity contribution in [2.45, 2.75) is 25.0 Å². The first-order valence-electron chi connectivity index (χ1n) is 8.67. The zero-order valence-corrected chi connectivity index (χ0v) is 13.8. The maximum absolute atomic E-state index is 10.8. The predicted molar refractivity (Wildman–Crippen MR) is 95.8 cm³/mol. The Morgan fingerprint density at radius 3 is 2.67 bits per heavy atom. The highest BCUT2D eigenvalue weighted by molar-refractivity contribution is 5.85. The van der Waals surface area contributed by atoms with Crippen molar-refractivity contribution in [3.8, 4) is 0 Å². The molecule has 1 N–H and O–H groups in total. The maximum atomic E-state index is 10.8. The van der Waals surface area contributed by atoms with E-state index >= 15 is 0 Å². The number of fused-ring (bicyclic) bond motifs is 1. The molecule has 2 heterocycles. The van der Waals surface area contributed by atoms with Crippen LogP contribution in [0, 0.1) is 0 Å². The molecule has 1 fully saturated rings. The largest absolute Gasteiger partial charge is 0.387 e. The summed E-state index contributed by atoms with van der Waals surface area (Å²) in [5, 5.41) is 13.1. The van der Waals surface area contributed by atoms with Gasteiger partial charge in [0.1, 0.15) is 0 Å². The zero-order valence-electron chi connectivity index (χ0n) is 13.8. The normalized spacial score (nSPS) is 18.0. The van der Waals surface area contributed by atoms with Crippen molar-refractivity contribution in [2.24, 2.45) is 0 Å². The van der Waals surface area contributed by atoms with Crippen molar-refractivity contribution < 1.29 is 5.11 Å². The van der Waals surface area contributed by atoms with E-state index in [1.807, 2.05) is 43.0 Å². The molecule has 3 aromatic rings. The summed E-state index contributed by atoms with van der Waals surface area (Å²) in [4.78, 5) is 6.52. The van der Waals surface area contributed by atoms with E-state index in [-0.39, 0.29) is 0 Å². The number of rotatable bonds is 4. The molecule has 0 radical (unpaired) electrons. The Bertz CT molecular complexity index is 786. The lowest BCUT2D eigenvalue weighted by Crippen LogP contribution is -2.37. The summed E-state index contributed by atoms with van der Waals surface area (Å²) in [6.45, 7) is 2.74. The first-order valence-corrected chi connectivity index (χ1v) is 8.67. The first-order chi connectivity index (χ1) is 11.8. The van der Waals surface area contributed by atoms with Gasteiger partial charge in [0.05, 0.1) is 12.4 Å². The van der Waals surface area contributed by atoms with Crippen LogP contribution in [-0.4, -0.2) is 39.2 Å². The quantitative estimate of drug-likeness (QED) is 0.801. The minimum atomic E-state index is -0.444. The van der Waals surface area contributed by atoms with Crippen LogP contribution >= 0.6 is 0 Å². The Labute approximate surface area is 142 Å². The van der Waals surface area contributed by atoms with E-state index in [0.717, 1.165) is 36.9 Å². The van der Waals surface area contributed by atoms with E-state index in [1.165, 1.54) is 5.39 Å². The Kier molecular flexibility index (Phi) is 4.32. The molecule has 0 aliphatic carbocycles. The summed E-state index contributed by atoms with van der Waals surface area (Å²) in [6, 6.07) is 15.0. The fourth-order valence-corrected chi connectivity index (χ4v) is 3.77. The molecule has 1 aliphatic heterocycles. The third-order valence-corrected chi connectivity index (χ3v) is 5.12. The summed E-state index contributed by atoms with van der Waals surface area (Å²) < 4.78 is 2.21. The summed E-state index contributed by atoms with van der Waals surface area (Å²) >= 11 is 0. The van der Waals surface area contributed by atoms with E-state index in [9.17, 15) is 5.11 Å². The standard InChI is InChI=1S/C20H23N3O/c24-20(19-7-3-5-16-4-1-2-6-18(16)19)14-22-11-8-17(9-12-22)23-13-10-21-15-23/h1-7,10,13,15,17,20,24H,8-9,11-12,14H2/t20-/m0/s1. The monoisotopic (exact) mass is 321 g/mol. The lowest BCUT2D eigenvalue weighted by molar-refractivity contribution is 0.0914. The van der Waals surface area contributed by atoms with Crippen LogP contribution in [0.15, 0.2) is 61.2 Å². The van der Waals surface area contributed by atoms with Gasteiger partial charge in [0.15, 0.2) is 0 Å². The fraction of sp³-hybridized carbons (Fsp3) is 0.350. The first kappa shape index (κ1) is 15.4. The Morgan fingerprint density at radius 2 is 1.88 bits per heavy atom. The van der Waals surface area contributed by atoms with Crippen molar-refractivity contribution in [1.29, 1.82) is 0 Å². The zero-order chi connectivity index (χ0) is 16.4. The molecular formula is C20H23N3O. The second-order valence-corrected chi connectivity index (χ2v) is 6.63. The van der Waals surface area contributed by atoms with Gasteiger partial charge < -0.3 is 14.6 Å². The Balaban J connectivity index is 1.42. The van der Waals surface area contributed by atoms with Crippen molar-refractivity contribution in [2.75, 3.05) is 19.6 Å². The average Bonchev–Trinajstić information content (AvgIpc) is 3.16. The van der Waals surface area contributed by atoms with Crippen molar-refractivity contribution in [1.82, 2.24) is 14.5 Å². The van der Waals surface area contributed by atoms with Crippen LogP contribution in [0.5, 0.6) is 0 Å². The van der Waals surface area contributed by atoms with Crippen LogP contribution in [0.2, 0.25) is 0 Å². The van der Waals surface area contributed by atoms with E-state index in [1.54, 1.807) is 0 Å². The molecule has 0 amide bonds. The Hall–Kier alpha value is -2.17. The molecule has 0 bridgehead atoms. The highest BCUT2D eigenvalue weighted by Gasteiger charge is 2.22. The van der Waals surface area contributed by atoms with Crippen LogP contribution in [0.1, 0.15) is 30.6 Å². The van der Waals surface area contributed by atoms with Crippen molar-refractivity contribution in [3.05, 3.63) is 66.7 Å².